The van der Waals surface area contributed by atoms with E-state index in [2.05, 4.69) is 27.4 Å². The zero-order valence-corrected chi connectivity index (χ0v) is 12.1. The largest absolute Gasteiger partial charge is 0.396 e. The van der Waals surface area contributed by atoms with Crippen LogP contribution in [0.4, 0.5) is 5.69 Å². The molecule has 2 aromatic rings. The number of rotatable bonds is 4. The van der Waals surface area contributed by atoms with E-state index in [-0.39, 0.29) is 12.0 Å². The molecule has 20 heavy (non-hydrogen) atoms. The van der Waals surface area contributed by atoms with Crippen molar-refractivity contribution in [3.05, 3.63) is 24.0 Å². The summed E-state index contributed by atoms with van der Waals surface area (Å²) in [6.45, 7) is 3.10. The van der Waals surface area contributed by atoms with Gasteiger partial charge < -0.3 is 15.4 Å². The molecule has 1 aliphatic rings. The highest BCUT2D eigenvalue weighted by Crippen LogP contribution is 2.36. The quantitative estimate of drug-likeness (QED) is 0.801. The smallest absolute Gasteiger partial charge is 0.104 e. The molecular formula is C16H23N3O. The third kappa shape index (κ3) is 2.66. The second-order valence-corrected chi connectivity index (χ2v) is 6.13. The zero-order chi connectivity index (χ0) is 14.0. The molecule has 3 rings (SSSR count). The summed E-state index contributed by atoms with van der Waals surface area (Å²) in [5, 5.41) is 13.2. The van der Waals surface area contributed by atoms with Crippen molar-refractivity contribution in [1.29, 1.82) is 0 Å². The summed E-state index contributed by atoms with van der Waals surface area (Å²) in [6, 6.07) is 6.20. The maximum Gasteiger partial charge on any atom is 0.104 e. The van der Waals surface area contributed by atoms with Crippen LogP contribution in [0, 0.1) is 12.3 Å². The number of aliphatic hydroxyl groups is 1. The lowest BCUT2D eigenvalue weighted by atomic mass is 9.74. The number of hydrogen-bond acceptors (Lipinski definition) is 3. The fourth-order valence-electron chi connectivity index (χ4n) is 3.23. The average Bonchev–Trinajstić information content (AvgIpc) is 2.85. The number of aromatic amines is 1. The first-order valence-electron chi connectivity index (χ1n) is 7.52. The minimum absolute atomic E-state index is 0.0666. The number of H-pyrrole nitrogens is 1. The van der Waals surface area contributed by atoms with Crippen LogP contribution in [0.25, 0.3) is 11.0 Å². The summed E-state index contributed by atoms with van der Waals surface area (Å²) in [6.07, 6.45) is 6.03. The van der Waals surface area contributed by atoms with Crippen molar-refractivity contribution in [2.75, 3.05) is 18.5 Å². The van der Waals surface area contributed by atoms with E-state index in [9.17, 15) is 5.11 Å². The zero-order valence-electron chi connectivity index (χ0n) is 12.1. The molecule has 1 aromatic heterocycles. The van der Waals surface area contributed by atoms with E-state index >= 15 is 0 Å². The monoisotopic (exact) mass is 273 g/mol. The second kappa shape index (κ2) is 5.44. The van der Waals surface area contributed by atoms with Gasteiger partial charge in [-0.2, -0.15) is 0 Å². The molecule has 0 spiro atoms. The van der Waals surface area contributed by atoms with Crippen molar-refractivity contribution >= 4 is 16.7 Å². The highest BCUT2D eigenvalue weighted by atomic mass is 16.3. The first-order chi connectivity index (χ1) is 9.71. The predicted molar refractivity (Wildman–Crippen MR) is 81.9 cm³/mol. The number of aryl methyl sites for hydroxylation is 1. The van der Waals surface area contributed by atoms with Crippen LogP contribution in [-0.2, 0) is 0 Å². The molecule has 0 unspecified atom stereocenters. The molecule has 0 bridgehead atoms. The standard InChI is InChI=1S/C16H23N3O/c1-12-18-14-6-5-13(9-15(14)19-12)17-10-16(11-20)7-3-2-4-8-16/h5-6,9,17,20H,2-4,7-8,10-11H2,1H3,(H,18,19). The van der Waals surface area contributed by atoms with Crippen molar-refractivity contribution in [3.8, 4) is 0 Å². The summed E-state index contributed by atoms with van der Waals surface area (Å²) < 4.78 is 0. The van der Waals surface area contributed by atoms with Gasteiger partial charge >= 0.3 is 0 Å². The highest BCUT2D eigenvalue weighted by Gasteiger charge is 2.31. The Morgan fingerprint density at radius 3 is 2.85 bits per heavy atom. The normalized spacial score (nSPS) is 18.3. The second-order valence-electron chi connectivity index (χ2n) is 6.13. The van der Waals surface area contributed by atoms with Gasteiger partial charge in [0.1, 0.15) is 5.82 Å². The number of imidazole rings is 1. The molecule has 3 N–H and O–H groups in total. The van der Waals surface area contributed by atoms with Gasteiger partial charge in [-0.05, 0) is 38.0 Å². The van der Waals surface area contributed by atoms with Crippen molar-refractivity contribution in [2.45, 2.75) is 39.0 Å². The van der Waals surface area contributed by atoms with E-state index in [1.807, 2.05) is 13.0 Å². The third-order valence-corrected chi connectivity index (χ3v) is 4.52. The van der Waals surface area contributed by atoms with E-state index in [4.69, 9.17) is 0 Å². The molecule has 0 aliphatic heterocycles. The van der Waals surface area contributed by atoms with Gasteiger partial charge in [0.2, 0.25) is 0 Å². The highest BCUT2D eigenvalue weighted by molar-refractivity contribution is 5.79. The van der Waals surface area contributed by atoms with Crippen LogP contribution < -0.4 is 5.32 Å². The van der Waals surface area contributed by atoms with Gasteiger partial charge in [0, 0.05) is 17.6 Å². The Morgan fingerprint density at radius 1 is 1.30 bits per heavy atom. The summed E-state index contributed by atoms with van der Waals surface area (Å²) in [4.78, 5) is 7.67. The summed E-state index contributed by atoms with van der Waals surface area (Å²) in [5.74, 6) is 0.941. The maximum atomic E-state index is 9.74. The molecule has 0 amide bonds. The molecule has 0 radical (unpaired) electrons. The van der Waals surface area contributed by atoms with Gasteiger partial charge in [0.15, 0.2) is 0 Å². The summed E-state index contributed by atoms with van der Waals surface area (Å²) in [7, 11) is 0. The molecule has 1 aromatic carbocycles. The minimum Gasteiger partial charge on any atom is -0.396 e. The minimum atomic E-state index is 0.0666. The number of hydrogen-bond donors (Lipinski definition) is 3. The SMILES string of the molecule is Cc1nc2ccc(NCC3(CO)CCCCC3)cc2[nH]1. The van der Waals surface area contributed by atoms with Crippen molar-refractivity contribution < 1.29 is 5.11 Å². The lowest BCUT2D eigenvalue weighted by Crippen LogP contribution is -2.35. The Hall–Kier alpha value is -1.55. The number of aromatic nitrogens is 2. The van der Waals surface area contributed by atoms with E-state index in [0.29, 0.717) is 0 Å². The van der Waals surface area contributed by atoms with E-state index in [1.54, 1.807) is 0 Å². The summed E-state index contributed by atoms with van der Waals surface area (Å²) in [5.41, 5.74) is 3.23. The van der Waals surface area contributed by atoms with Gasteiger partial charge in [-0.25, -0.2) is 4.98 Å². The van der Waals surface area contributed by atoms with Gasteiger partial charge in [-0.3, -0.25) is 0 Å². The Bertz CT molecular complexity index is 584. The van der Waals surface area contributed by atoms with Gasteiger partial charge in [-0.1, -0.05) is 19.3 Å². The van der Waals surface area contributed by atoms with Crippen LogP contribution in [-0.4, -0.2) is 28.2 Å². The van der Waals surface area contributed by atoms with Crippen LogP contribution in [0.15, 0.2) is 18.2 Å². The molecule has 4 heteroatoms. The lowest BCUT2D eigenvalue weighted by Gasteiger charge is -2.36. The Morgan fingerprint density at radius 2 is 2.10 bits per heavy atom. The van der Waals surface area contributed by atoms with E-state index < -0.39 is 0 Å². The number of nitrogens with zero attached hydrogens (tertiary/aromatic N) is 1. The number of aliphatic hydroxyl groups excluding tert-OH is 1. The first kappa shape index (κ1) is 13.4. The first-order valence-corrected chi connectivity index (χ1v) is 7.52. The van der Waals surface area contributed by atoms with Crippen LogP contribution >= 0.6 is 0 Å². The topological polar surface area (TPSA) is 60.9 Å². The van der Waals surface area contributed by atoms with Crippen LogP contribution in [0.5, 0.6) is 0 Å². The van der Waals surface area contributed by atoms with Crippen molar-refractivity contribution in [2.24, 2.45) is 5.41 Å². The van der Waals surface area contributed by atoms with Crippen molar-refractivity contribution in [1.82, 2.24) is 9.97 Å². The van der Waals surface area contributed by atoms with Gasteiger partial charge in [-0.15, -0.1) is 0 Å². The fourth-order valence-corrected chi connectivity index (χ4v) is 3.23. The molecule has 108 valence electrons. The Kier molecular flexibility index (Phi) is 3.66. The molecule has 1 heterocycles. The fraction of sp³-hybridized carbons (Fsp3) is 0.562. The summed E-state index contributed by atoms with van der Waals surface area (Å²) >= 11 is 0. The lowest BCUT2D eigenvalue weighted by molar-refractivity contribution is 0.0944. The number of benzene rings is 1. The van der Waals surface area contributed by atoms with Gasteiger partial charge in [0.25, 0.3) is 0 Å². The Balaban J connectivity index is 1.72. The van der Waals surface area contributed by atoms with E-state index in [1.165, 1.54) is 19.3 Å². The molecule has 0 saturated heterocycles. The molecule has 1 aliphatic carbocycles. The molecular weight excluding hydrogens is 250 g/mol. The van der Waals surface area contributed by atoms with Crippen LogP contribution in [0.3, 0.4) is 0 Å². The molecule has 1 saturated carbocycles. The van der Waals surface area contributed by atoms with Gasteiger partial charge in [0.05, 0.1) is 17.6 Å². The number of anilines is 1. The molecule has 0 atom stereocenters. The molecule has 1 fully saturated rings. The average molecular weight is 273 g/mol. The number of fused-ring (bicyclic) bond motifs is 1. The van der Waals surface area contributed by atoms with Crippen molar-refractivity contribution in [3.63, 3.8) is 0 Å². The van der Waals surface area contributed by atoms with E-state index in [0.717, 1.165) is 41.9 Å². The predicted octanol–water partition coefficient (Wildman–Crippen LogP) is 3.23. The van der Waals surface area contributed by atoms with Crippen LogP contribution in [0.1, 0.15) is 37.9 Å². The Labute approximate surface area is 119 Å². The maximum absolute atomic E-state index is 9.74. The molecule has 4 nitrogen and oxygen atoms in total. The van der Waals surface area contributed by atoms with Crippen LogP contribution in [0.2, 0.25) is 0 Å². The number of nitrogens with one attached hydrogen (secondary N) is 2. The third-order valence-electron chi connectivity index (χ3n) is 4.52.